The van der Waals surface area contributed by atoms with Gasteiger partial charge in [-0.2, -0.15) is 0 Å². The zero-order valence-corrected chi connectivity index (χ0v) is 17.0. The minimum atomic E-state index is -1.17. The van der Waals surface area contributed by atoms with Gasteiger partial charge in [-0.15, -0.1) is 0 Å². The number of carbonyl (C=O) groups excluding carboxylic acids is 1. The van der Waals surface area contributed by atoms with E-state index in [-0.39, 0.29) is 11.8 Å². The maximum atomic E-state index is 13.8. The summed E-state index contributed by atoms with van der Waals surface area (Å²) in [6, 6.07) is 17.5. The Balaban J connectivity index is 1.72. The second-order valence-corrected chi connectivity index (χ2v) is 8.76. The molecule has 2 aromatic rings. The summed E-state index contributed by atoms with van der Waals surface area (Å²) in [7, 11) is 0. The lowest BCUT2D eigenvalue weighted by Gasteiger charge is -2.42. The molecule has 1 saturated carbocycles. The van der Waals surface area contributed by atoms with Crippen LogP contribution in [0.5, 0.6) is 0 Å². The Bertz CT molecular complexity index is 937. The first-order valence-corrected chi connectivity index (χ1v) is 9.85. The third kappa shape index (κ3) is 3.27. The van der Waals surface area contributed by atoms with Crippen molar-refractivity contribution in [2.45, 2.75) is 57.3 Å². The van der Waals surface area contributed by atoms with E-state index in [9.17, 15) is 14.7 Å². The van der Waals surface area contributed by atoms with Crippen LogP contribution in [-0.4, -0.2) is 38.1 Å². The largest absolute Gasteiger partial charge is 0.465 e. The highest BCUT2D eigenvalue weighted by Gasteiger charge is 2.69. The molecule has 4 rings (SSSR count). The normalized spacial score (nSPS) is 23.3. The number of rotatable bonds is 3. The molecule has 2 aromatic carbocycles. The number of nitrogens with zero attached hydrogens (tertiary/aromatic N) is 2. The first-order chi connectivity index (χ1) is 13.7. The summed E-state index contributed by atoms with van der Waals surface area (Å²) in [6.45, 7) is 6.08. The molecule has 2 aliphatic rings. The van der Waals surface area contributed by atoms with Crippen LogP contribution in [0.2, 0.25) is 0 Å². The smallest absolute Gasteiger partial charge is 0.408 e. The van der Waals surface area contributed by atoms with Gasteiger partial charge in [0.15, 0.2) is 0 Å². The van der Waals surface area contributed by atoms with Crippen LogP contribution in [0.1, 0.15) is 49.8 Å². The van der Waals surface area contributed by atoms with Gasteiger partial charge < -0.3 is 5.11 Å². The van der Waals surface area contributed by atoms with Crippen LogP contribution in [0, 0.1) is 0 Å². The molecule has 2 atom stereocenters. The quantitative estimate of drug-likeness (QED) is 0.848. The van der Waals surface area contributed by atoms with E-state index in [0.717, 1.165) is 16.7 Å². The summed E-state index contributed by atoms with van der Waals surface area (Å²) in [6.07, 6.45) is -0.650. The lowest BCUT2D eigenvalue weighted by molar-refractivity contribution is -0.208. The third-order valence-corrected chi connectivity index (χ3v) is 5.80. The van der Waals surface area contributed by atoms with Crippen LogP contribution in [0.3, 0.4) is 0 Å². The fraction of sp³-hybridized carbons (Fsp3) is 0.391. The summed E-state index contributed by atoms with van der Waals surface area (Å²) in [4.78, 5) is 33.2. The number of hydrogen-bond donors (Lipinski definition) is 1. The summed E-state index contributed by atoms with van der Waals surface area (Å²) >= 11 is 0. The molecular formula is C23H26N2O4. The molecule has 0 aromatic heterocycles. The van der Waals surface area contributed by atoms with Gasteiger partial charge in [0.2, 0.25) is 0 Å². The Kier molecular flexibility index (Phi) is 4.62. The van der Waals surface area contributed by atoms with Crippen LogP contribution in [0.25, 0.3) is 0 Å². The van der Waals surface area contributed by atoms with E-state index in [1.807, 2.05) is 75.4 Å². The van der Waals surface area contributed by atoms with E-state index in [1.54, 1.807) is 0 Å². The van der Waals surface area contributed by atoms with Crippen molar-refractivity contribution in [1.29, 1.82) is 0 Å². The molecular weight excluding hydrogens is 368 g/mol. The second kappa shape index (κ2) is 6.88. The van der Waals surface area contributed by atoms with Gasteiger partial charge in [-0.1, -0.05) is 54.6 Å². The molecule has 1 N–H and O–H groups in total. The monoisotopic (exact) mass is 394 g/mol. The van der Waals surface area contributed by atoms with Crippen molar-refractivity contribution < 1.29 is 19.5 Å². The predicted octanol–water partition coefficient (Wildman–Crippen LogP) is 4.17. The van der Waals surface area contributed by atoms with Crippen LogP contribution < -0.4 is 0 Å². The van der Waals surface area contributed by atoms with Gasteiger partial charge in [-0.25, -0.2) is 9.86 Å². The highest BCUT2D eigenvalue weighted by molar-refractivity contribution is 5.94. The van der Waals surface area contributed by atoms with Crippen LogP contribution >= 0.6 is 0 Å². The molecule has 1 fully saturated rings. The van der Waals surface area contributed by atoms with E-state index < -0.39 is 17.2 Å². The van der Waals surface area contributed by atoms with Gasteiger partial charge in [0, 0.05) is 11.5 Å². The van der Waals surface area contributed by atoms with Crippen molar-refractivity contribution in [2.24, 2.45) is 0 Å². The topological polar surface area (TPSA) is 70.1 Å². The molecule has 0 radical (unpaired) electrons. The van der Waals surface area contributed by atoms with Gasteiger partial charge in [-0.3, -0.25) is 14.5 Å². The Hall–Kier alpha value is -2.86. The molecule has 0 bridgehead atoms. The van der Waals surface area contributed by atoms with Crippen molar-refractivity contribution in [2.75, 3.05) is 0 Å². The molecule has 0 saturated heterocycles. The van der Waals surface area contributed by atoms with Crippen molar-refractivity contribution in [3.05, 3.63) is 71.3 Å². The standard InChI is InChI=1S/C23H26N2O4/c1-22(2,3)25(21(27)28)23(13-19(23)16-9-5-4-6-10-16)20(26)24-14-17-11-7-8-12-18(17)15-29-24/h4-12,19H,13-15H2,1-3H3,(H,27,28)/t19-,23+/m1/s1. The van der Waals surface area contributed by atoms with Crippen LogP contribution in [0.15, 0.2) is 54.6 Å². The number of carboxylic acid groups (broad SMARTS) is 1. The molecule has 152 valence electrons. The fourth-order valence-corrected chi connectivity index (χ4v) is 4.51. The van der Waals surface area contributed by atoms with E-state index in [0.29, 0.717) is 19.6 Å². The lowest BCUT2D eigenvalue weighted by Crippen LogP contribution is -2.60. The average Bonchev–Trinajstić information content (AvgIpc) is 3.42. The maximum absolute atomic E-state index is 13.8. The van der Waals surface area contributed by atoms with Gasteiger partial charge in [0.05, 0.1) is 6.54 Å². The summed E-state index contributed by atoms with van der Waals surface area (Å²) < 4.78 is 0. The molecule has 1 aliphatic heterocycles. The minimum Gasteiger partial charge on any atom is -0.465 e. The Morgan fingerprint density at radius 2 is 1.69 bits per heavy atom. The summed E-state index contributed by atoms with van der Waals surface area (Å²) in [5.41, 5.74) is 1.13. The Morgan fingerprint density at radius 1 is 1.07 bits per heavy atom. The highest BCUT2D eigenvalue weighted by Crippen LogP contribution is 2.58. The van der Waals surface area contributed by atoms with Gasteiger partial charge in [0.25, 0.3) is 5.91 Å². The zero-order valence-electron chi connectivity index (χ0n) is 17.0. The summed E-state index contributed by atoms with van der Waals surface area (Å²) in [5.74, 6) is -0.495. The molecule has 1 aliphatic carbocycles. The molecule has 1 heterocycles. The average molecular weight is 394 g/mol. The highest BCUT2D eigenvalue weighted by atomic mass is 16.7. The molecule has 0 unspecified atom stereocenters. The van der Waals surface area contributed by atoms with Crippen molar-refractivity contribution >= 4 is 12.0 Å². The number of amides is 2. The molecule has 0 spiro atoms. The van der Waals surface area contributed by atoms with Crippen LogP contribution in [0.4, 0.5) is 4.79 Å². The van der Waals surface area contributed by atoms with E-state index in [2.05, 4.69) is 0 Å². The number of hydroxylamine groups is 2. The molecule has 29 heavy (non-hydrogen) atoms. The number of benzene rings is 2. The Morgan fingerprint density at radius 3 is 2.31 bits per heavy atom. The second-order valence-electron chi connectivity index (χ2n) is 8.76. The number of fused-ring (bicyclic) bond motifs is 1. The molecule has 6 nitrogen and oxygen atoms in total. The third-order valence-electron chi connectivity index (χ3n) is 5.80. The van der Waals surface area contributed by atoms with Gasteiger partial charge in [-0.05, 0) is 43.9 Å². The Labute approximate surface area is 170 Å². The van der Waals surface area contributed by atoms with E-state index in [1.165, 1.54) is 9.96 Å². The SMILES string of the molecule is CC(C)(C)N(C(=O)O)[C@@]1(C(=O)N2Cc3ccccc3CO2)C[C@@H]1c1ccccc1. The van der Waals surface area contributed by atoms with Gasteiger partial charge >= 0.3 is 6.09 Å². The summed E-state index contributed by atoms with van der Waals surface area (Å²) in [5, 5.41) is 11.4. The lowest BCUT2D eigenvalue weighted by atomic mass is 9.97. The van der Waals surface area contributed by atoms with E-state index >= 15 is 0 Å². The zero-order chi connectivity index (χ0) is 20.8. The van der Waals surface area contributed by atoms with Crippen molar-refractivity contribution in [1.82, 2.24) is 9.96 Å². The van der Waals surface area contributed by atoms with Gasteiger partial charge in [0.1, 0.15) is 12.1 Å². The predicted molar refractivity (Wildman–Crippen MR) is 108 cm³/mol. The van der Waals surface area contributed by atoms with E-state index in [4.69, 9.17) is 4.84 Å². The van der Waals surface area contributed by atoms with Crippen molar-refractivity contribution in [3.8, 4) is 0 Å². The van der Waals surface area contributed by atoms with Crippen molar-refractivity contribution in [3.63, 3.8) is 0 Å². The first-order valence-electron chi connectivity index (χ1n) is 9.85. The molecule has 6 heteroatoms. The number of hydrogen-bond acceptors (Lipinski definition) is 3. The molecule has 2 amide bonds. The van der Waals surface area contributed by atoms with Crippen LogP contribution in [-0.2, 0) is 22.8 Å². The fourth-order valence-electron chi connectivity index (χ4n) is 4.51. The number of carbonyl (C=O) groups is 2. The first kappa shape index (κ1) is 19.5. The maximum Gasteiger partial charge on any atom is 0.408 e. The minimum absolute atomic E-state index is 0.202.